The number of rotatable bonds is 7. The Kier molecular flexibility index (Phi) is 7.41. The second kappa shape index (κ2) is 10.6. The first-order valence-electron chi connectivity index (χ1n) is 10.1. The first kappa shape index (κ1) is 23.8. The van der Waals surface area contributed by atoms with E-state index in [9.17, 15) is 24.8 Å². The standard InChI is InChI=1S/C26H21N3O5/c1-16-6-8-18(9-7-16)24(30)28-20-5-3-4-17(13-20)12-19(15-27)25(31)29-23-11-10-21(34-2)14-22(23)26(32)33/h3-14H,1-2H3,(H,28,30)(H,29,31)(H,32,33)/b19-12+. The van der Waals surface area contributed by atoms with Gasteiger partial charge in [-0.15, -0.1) is 0 Å². The van der Waals surface area contributed by atoms with Gasteiger partial charge in [-0.2, -0.15) is 5.26 Å². The van der Waals surface area contributed by atoms with E-state index in [1.165, 1.54) is 31.4 Å². The van der Waals surface area contributed by atoms with Crippen LogP contribution < -0.4 is 15.4 Å². The summed E-state index contributed by atoms with van der Waals surface area (Å²) in [6.07, 6.45) is 1.35. The molecule has 34 heavy (non-hydrogen) atoms. The van der Waals surface area contributed by atoms with Crippen molar-refractivity contribution in [2.24, 2.45) is 0 Å². The van der Waals surface area contributed by atoms with Gasteiger partial charge in [0.25, 0.3) is 11.8 Å². The number of methoxy groups -OCH3 is 1. The first-order valence-corrected chi connectivity index (χ1v) is 10.1. The fourth-order valence-electron chi connectivity index (χ4n) is 3.06. The third-order valence-electron chi connectivity index (χ3n) is 4.84. The SMILES string of the molecule is COc1ccc(NC(=O)/C(C#N)=C/c2cccc(NC(=O)c3ccc(C)cc3)c2)c(C(=O)O)c1. The lowest BCUT2D eigenvalue weighted by Gasteiger charge is -2.10. The van der Waals surface area contributed by atoms with Crippen molar-refractivity contribution in [3.05, 3.63) is 94.6 Å². The minimum Gasteiger partial charge on any atom is -0.497 e. The molecule has 0 saturated heterocycles. The van der Waals surface area contributed by atoms with Gasteiger partial charge >= 0.3 is 5.97 Å². The molecule has 0 unspecified atom stereocenters. The Morgan fingerprint density at radius 3 is 2.38 bits per heavy atom. The molecule has 0 fully saturated rings. The quantitative estimate of drug-likeness (QED) is 0.355. The summed E-state index contributed by atoms with van der Waals surface area (Å²) in [5.74, 6) is -2.01. The smallest absolute Gasteiger partial charge is 0.337 e. The van der Waals surface area contributed by atoms with Crippen LogP contribution in [0.3, 0.4) is 0 Å². The van der Waals surface area contributed by atoms with Crippen LogP contribution in [0.5, 0.6) is 5.75 Å². The van der Waals surface area contributed by atoms with Crippen LogP contribution in [0.25, 0.3) is 6.08 Å². The third-order valence-corrected chi connectivity index (χ3v) is 4.84. The number of nitrogens with one attached hydrogen (secondary N) is 2. The number of hydrogen-bond acceptors (Lipinski definition) is 5. The van der Waals surface area contributed by atoms with E-state index in [1.54, 1.807) is 36.4 Å². The molecule has 0 aliphatic carbocycles. The number of nitrogens with zero attached hydrogens (tertiary/aromatic N) is 1. The molecule has 2 amide bonds. The Balaban J connectivity index is 1.80. The largest absolute Gasteiger partial charge is 0.497 e. The molecule has 3 rings (SSSR count). The summed E-state index contributed by atoms with van der Waals surface area (Å²) in [6, 6.07) is 19.7. The van der Waals surface area contributed by atoms with Gasteiger partial charge in [-0.1, -0.05) is 29.8 Å². The number of carbonyl (C=O) groups excluding carboxylic acids is 2. The number of aromatic carboxylic acids is 1. The summed E-state index contributed by atoms with van der Waals surface area (Å²) in [7, 11) is 1.40. The maximum Gasteiger partial charge on any atom is 0.337 e. The Labute approximate surface area is 196 Å². The van der Waals surface area contributed by atoms with Crippen molar-refractivity contribution in [3.63, 3.8) is 0 Å². The summed E-state index contributed by atoms with van der Waals surface area (Å²) >= 11 is 0. The van der Waals surface area contributed by atoms with E-state index in [-0.39, 0.29) is 22.7 Å². The van der Waals surface area contributed by atoms with E-state index >= 15 is 0 Å². The van der Waals surface area contributed by atoms with Gasteiger partial charge in [0.15, 0.2) is 0 Å². The maximum atomic E-state index is 12.7. The Bertz CT molecular complexity index is 1320. The molecule has 0 radical (unpaired) electrons. The third kappa shape index (κ3) is 5.87. The second-order valence-electron chi connectivity index (χ2n) is 7.29. The van der Waals surface area contributed by atoms with Crippen LogP contribution in [0.4, 0.5) is 11.4 Å². The van der Waals surface area contributed by atoms with Gasteiger partial charge in [0.05, 0.1) is 18.4 Å². The number of hydrogen-bond donors (Lipinski definition) is 3. The number of amides is 2. The lowest BCUT2D eigenvalue weighted by Crippen LogP contribution is -2.16. The highest BCUT2D eigenvalue weighted by Crippen LogP contribution is 2.23. The van der Waals surface area contributed by atoms with Gasteiger partial charge in [0.1, 0.15) is 17.4 Å². The van der Waals surface area contributed by atoms with Crippen molar-refractivity contribution in [1.82, 2.24) is 0 Å². The summed E-state index contributed by atoms with van der Waals surface area (Å²) in [6.45, 7) is 1.93. The van der Waals surface area contributed by atoms with Crippen molar-refractivity contribution in [2.45, 2.75) is 6.92 Å². The second-order valence-corrected chi connectivity index (χ2v) is 7.29. The summed E-state index contributed by atoms with van der Waals surface area (Å²) in [4.78, 5) is 36.6. The average Bonchev–Trinajstić information content (AvgIpc) is 2.83. The molecule has 0 saturated carbocycles. The highest BCUT2D eigenvalue weighted by molar-refractivity contribution is 6.12. The number of ether oxygens (including phenoxy) is 1. The van der Waals surface area contributed by atoms with Crippen molar-refractivity contribution in [3.8, 4) is 11.8 Å². The fraction of sp³-hybridized carbons (Fsp3) is 0.0769. The van der Waals surface area contributed by atoms with Crippen molar-refractivity contribution in [2.75, 3.05) is 17.7 Å². The van der Waals surface area contributed by atoms with Crippen LogP contribution in [0.1, 0.15) is 31.8 Å². The number of aryl methyl sites for hydroxylation is 1. The number of anilines is 2. The number of benzene rings is 3. The van der Waals surface area contributed by atoms with Gasteiger partial charge in [-0.25, -0.2) is 4.79 Å². The number of carboxylic acids is 1. The lowest BCUT2D eigenvalue weighted by atomic mass is 10.1. The minimum atomic E-state index is -1.26. The van der Waals surface area contributed by atoms with E-state index in [0.717, 1.165) is 5.56 Å². The molecule has 8 nitrogen and oxygen atoms in total. The molecule has 8 heteroatoms. The van der Waals surface area contributed by atoms with Crippen molar-refractivity contribution < 1.29 is 24.2 Å². The zero-order valence-corrected chi connectivity index (χ0v) is 18.5. The molecule has 170 valence electrons. The molecule has 3 N–H and O–H groups in total. The van der Waals surface area contributed by atoms with E-state index in [1.807, 2.05) is 25.1 Å². The van der Waals surface area contributed by atoms with Gasteiger partial charge in [-0.3, -0.25) is 9.59 Å². The zero-order chi connectivity index (χ0) is 24.7. The van der Waals surface area contributed by atoms with E-state index < -0.39 is 11.9 Å². The van der Waals surface area contributed by atoms with E-state index in [0.29, 0.717) is 22.6 Å². The van der Waals surface area contributed by atoms with Crippen LogP contribution in [0.15, 0.2) is 72.3 Å². The van der Waals surface area contributed by atoms with Crippen molar-refractivity contribution in [1.29, 1.82) is 5.26 Å². The normalized spacial score (nSPS) is 10.7. The van der Waals surface area contributed by atoms with Crippen molar-refractivity contribution >= 4 is 35.2 Å². The molecule has 3 aromatic rings. The van der Waals surface area contributed by atoms with Crippen LogP contribution in [0.2, 0.25) is 0 Å². The molecular weight excluding hydrogens is 434 g/mol. The predicted molar refractivity (Wildman–Crippen MR) is 128 cm³/mol. The lowest BCUT2D eigenvalue weighted by molar-refractivity contribution is -0.112. The van der Waals surface area contributed by atoms with Gasteiger partial charge in [0.2, 0.25) is 0 Å². The number of carboxylic acid groups (broad SMARTS) is 1. The van der Waals surface area contributed by atoms with E-state index in [2.05, 4.69) is 10.6 Å². The molecule has 3 aromatic carbocycles. The van der Waals surface area contributed by atoms with Crippen LogP contribution in [-0.4, -0.2) is 30.0 Å². The summed E-state index contributed by atoms with van der Waals surface area (Å²) in [5, 5.41) is 24.1. The summed E-state index contributed by atoms with van der Waals surface area (Å²) < 4.78 is 5.01. The predicted octanol–water partition coefficient (Wildman–Crippen LogP) is 4.50. The highest BCUT2D eigenvalue weighted by atomic mass is 16.5. The van der Waals surface area contributed by atoms with E-state index in [4.69, 9.17) is 4.74 Å². The fourth-order valence-corrected chi connectivity index (χ4v) is 3.06. The van der Waals surface area contributed by atoms with Crippen LogP contribution >= 0.6 is 0 Å². The number of nitriles is 1. The highest BCUT2D eigenvalue weighted by Gasteiger charge is 2.16. The average molecular weight is 455 g/mol. The van der Waals surface area contributed by atoms with Gasteiger partial charge in [0, 0.05) is 11.3 Å². The minimum absolute atomic E-state index is 0.0264. The number of carbonyl (C=O) groups is 3. The monoisotopic (exact) mass is 455 g/mol. The molecule has 0 atom stereocenters. The maximum absolute atomic E-state index is 12.7. The van der Waals surface area contributed by atoms with Gasteiger partial charge < -0.3 is 20.5 Å². The molecular formula is C26H21N3O5. The molecule has 0 aromatic heterocycles. The topological polar surface area (TPSA) is 129 Å². The Morgan fingerprint density at radius 1 is 1.00 bits per heavy atom. The van der Waals surface area contributed by atoms with Crippen LogP contribution in [0, 0.1) is 18.3 Å². The van der Waals surface area contributed by atoms with Gasteiger partial charge in [-0.05, 0) is 61.0 Å². The molecule has 0 aliphatic heterocycles. The molecule has 0 spiro atoms. The Morgan fingerprint density at radius 2 is 1.74 bits per heavy atom. The molecule has 0 bridgehead atoms. The Hall–Kier alpha value is -4.90. The summed E-state index contributed by atoms with van der Waals surface area (Å²) in [5.41, 5.74) is 2.13. The first-order chi connectivity index (χ1) is 16.3. The molecule has 0 heterocycles. The zero-order valence-electron chi connectivity index (χ0n) is 18.5. The van der Waals surface area contributed by atoms with Crippen LogP contribution in [-0.2, 0) is 4.79 Å². The molecule has 0 aliphatic rings.